The summed E-state index contributed by atoms with van der Waals surface area (Å²) in [5.41, 5.74) is 5.20. The van der Waals surface area contributed by atoms with Crippen LogP contribution in [0.3, 0.4) is 0 Å². The summed E-state index contributed by atoms with van der Waals surface area (Å²) < 4.78 is 0. The number of piperazine rings is 1. The van der Waals surface area contributed by atoms with Gasteiger partial charge in [0.05, 0.1) is 6.07 Å². The van der Waals surface area contributed by atoms with Crippen molar-refractivity contribution in [2.75, 3.05) is 32.7 Å². The maximum absolute atomic E-state index is 8.91. The first-order chi connectivity index (χ1) is 8.11. The molecule has 17 heavy (non-hydrogen) atoms. The average molecular weight is 236 g/mol. The van der Waals surface area contributed by atoms with Crippen LogP contribution in [0.2, 0.25) is 0 Å². The van der Waals surface area contributed by atoms with E-state index < -0.39 is 5.54 Å². The highest BCUT2D eigenvalue weighted by atomic mass is 15.3. The summed E-state index contributed by atoms with van der Waals surface area (Å²) in [5, 5.41) is 8.91. The summed E-state index contributed by atoms with van der Waals surface area (Å²) in [6.45, 7) is 7.57. The molecule has 0 bridgehead atoms. The Morgan fingerprint density at radius 1 is 1.35 bits per heavy atom. The monoisotopic (exact) mass is 236 g/mol. The van der Waals surface area contributed by atoms with Crippen LogP contribution >= 0.6 is 0 Å². The minimum Gasteiger partial charge on any atom is -0.314 e. The highest BCUT2D eigenvalue weighted by Crippen LogP contribution is 2.21. The fourth-order valence-corrected chi connectivity index (χ4v) is 2.87. The molecule has 0 aromatic rings. The van der Waals surface area contributed by atoms with E-state index in [-0.39, 0.29) is 0 Å². The lowest BCUT2D eigenvalue weighted by Crippen LogP contribution is -2.55. The zero-order valence-corrected chi connectivity index (χ0v) is 10.9. The van der Waals surface area contributed by atoms with Crippen molar-refractivity contribution in [2.45, 2.75) is 44.2 Å². The van der Waals surface area contributed by atoms with Gasteiger partial charge < -0.3 is 10.6 Å². The zero-order valence-electron chi connectivity index (χ0n) is 10.9. The molecule has 2 fully saturated rings. The predicted octanol–water partition coefficient (Wildman–Crippen LogP) is 0.788. The van der Waals surface area contributed by atoms with Gasteiger partial charge in [0, 0.05) is 32.2 Å². The standard InChI is InChI=1S/C13H24N4/c1-13(15,11-14)5-7-16-8-9-17-6-3-2-4-12(17)10-16/h12H,2-10,15H2,1H3. The van der Waals surface area contributed by atoms with Gasteiger partial charge in [0.15, 0.2) is 0 Å². The van der Waals surface area contributed by atoms with E-state index in [2.05, 4.69) is 15.9 Å². The Bertz CT molecular complexity index is 294. The van der Waals surface area contributed by atoms with Crippen molar-refractivity contribution in [1.29, 1.82) is 5.26 Å². The van der Waals surface area contributed by atoms with E-state index in [1.807, 2.05) is 6.92 Å². The highest BCUT2D eigenvalue weighted by Gasteiger charge is 2.29. The van der Waals surface area contributed by atoms with E-state index in [1.165, 1.54) is 38.9 Å². The first-order valence-corrected chi connectivity index (χ1v) is 6.77. The number of nitriles is 1. The predicted molar refractivity (Wildman–Crippen MR) is 68.5 cm³/mol. The molecule has 0 aliphatic carbocycles. The van der Waals surface area contributed by atoms with Gasteiger partial charge in [0.25, 0.3) is 0 Å². The first kappa shape index (κ1) is 12.8. The third kappa shape index (κ3) is 3.41. The van der Waals surface area contributed by atoms with Gasteiger partial charge in [-0.05, 0) is 32.7 Å². The van der Waals surface area contributed by atoms with Crippen LogP contribution in [-0.4, -0.2) is 54.1 Å². The number of hydrogen-bond acceptors (Lipinski definition) is 4. The van der Waals surface area contributed by atoms with Crippen molar-refractivity contribution in [1.82, 2.24) is 9.80 Å². The van der Waals surface area contributed by atoms with Crippen LogP contribution in [0.15, 0.2) is 0 Å². The van der Waals surface area contributed by atoms with Crippen molar-refractivity contribution in [3.05, 3.63) is 0 Å². The Kier molecular flexibility index (Phi) is 4.03. The van der Waals surface area contributed by atoms with E-state index in [0.29, 0.717) is 0 Å². The summed E-state index contributed by atoms with van der Waals surface area (Å²) in [7, 11) is 0. The molecular formula is C13H24N4. The summed E-state index contributed by atoms with van der Waals surface area (Å²) in [4.78, 5) is 5.11. The molecule has 2 heterocycles. The largest absolute Gasteiger partial charge is 0.314 e. The molecule has 2 saturated heterocycles. The van der Waals surface area contributed by atoms with Crippen molar-refractivity contribution in [3.8, 4) is 6.07 Å². The molecular weight excluding hydrogens is 212 g/mol. The van der Waals surface area contributed by atoms with Crippen molar-refractivity contribution in [3.63, 3.8) is 0 Å². The van der Waals surface area contributed by atoms with Gasteiger partial charge in [-0.2, -0.15) is 5.26 Å². The number of piperidine rings is 1. The Labute approximate surface area is 104 Å². The molecule has 0 amide bonds. The second kappa shape index (κ2) is 5.34. The number of nitrogens with zero attached hydrogens (tertiary/aromatic N) is 3. The van der Waals surface area contributed by atoms with E-state index in [0.717, 1.165) is 25.6 Å². The van der Waals surface area contributed by atoms with Gasteiger partial charge in [-0.1, -0.05) is 6.42 Å². The van der Waals surface area contributed by atoms with Crippen LogP contribution in [0, 0.1) is 11.3 Å². The van der Waals surface area contributed by atoms with Gasteiger partial charge in [0.1, 0.15) is 5.54 Å². The van der Waals surface area contributed by atoms with E-state index in [4.69, 9.17) is 11.0 Å². The van der Waals surface area contributed by atoms with Crippen molar-refractivity contribution >= 4 is 0 Å². The first-order valence-electron chi connectivity index (χ1n) is 6.77. The topological polar surface area (TPSA) is 56.3 Å². The van der Waals surface area contributed by atoms with Crippen LogP contribution in [-0.2, 0) is 0 Å². The molecule has 0 aromatic carbocycles. The van der Waals surface area contributed by atoms with Crippen LogP contribution < -0.4 is 5.73 Å². The SMILES string of the molecule is CC(N)(C#N)CCN1CCN2CCCCC2C1. The quantitative estimate of drug-likeness (QED) is 0.787. The molecule has 2 aliphatic rings. The number of nitrogens with two attached hydrogens (primary N) is 1. The van der Waals surface area contributed by atoms with Gasteiger partial charge >= 0.3 is 0 Å². The third-order valence-electron chi connectivity index (χ3n) is 4.12. The Balaban J connectivity index is 1.78. The number of fused-ring (bicyclic) bond motifs is 1. The summed E-state index contributed by atoms with van der Waals surface area (Å²) in [6.07, 6.45) is 4.86. The lowest BCUT2D eigenvalue weighted by Gasteiger charge is -2.44. The Morgan fingerprint density at radius 2 is 2.18 bits per heavy atom. The minimum absolute atomic E-state index is 0.663. The molecule has 4 nitrogen and oxygen atoms in total. The van der Waals surface area contributed by atoms with E-state index in [1.54, 1.807) is 0 Å². The smallest absolute Gasteiger partial charge is 0.102 e. The molecule has 96 valence electrons. The van der Waals surface area contributed by atoms with Crippen LogP contribution in [0.1, 0.15) is 32.6 Å². The molecule has 2 N–H and O–H groups in total. The highest BCUT2D eigenvalue weighted by molar-refractivity contribution is 5.01. The molecule has 4 heteroatoms. The second-order valence-corrected chi connectivity index (χ2v) is 5.77. The Hall–Kier alpha value is -0.630. The summed E-state index contributed by atoms with van der Waals surface area (Å²) in [6, 6.07) is 2.93. The van der Waals surface area contributed by atoms with Gasteiger partial charge in [-0.3, -0.25) is 4.90 Å². The molecule has 0 saturated carbocycles. The maximum atomic E-state index is 8.91. The van der Waals surface area contributed by atoms with Crippen molar-refractivity contribution in [2.24, 2.45) is 5.73 Å². The summed E-state index contributed by atoms with van der Waals surface area (Å²) in [5.74, 6) is 0. The van der Waals surface area contributed by atoms with Crippen molar-refractivity contribution < 1.29 is 0 Å². The van der Waals surface area contributed by atoms with Crippen LogP contribution in [0.4, 0.5) is 0 Å². The Morgan fingerprint density at radius 3 is 2.94 bits per heavy atom. The summed E-state index contributed by atoms with van der Waals surface area (Å²) >= 11 is 0. The third-order valence-corrected chi connectivity index (χ3v) is 4.12. The van der Waals surface area contributed by atoms with Gasteiger partial charge in [-0.15, -0.1) is 0 Å². The lowest BCUT2D eigenvalue weighted by molar-refractivity contribution is 0.0473. The molecule has 2 rings (SSSR count). The molecule has 2 unspecified atom stereocenters. The fraction of sp³-hybridized carbons (Fsp3) is 0.923. The van der Waals surface area contributed by atoms with E-state index in [9.17, 15) is 0 Å². The normalized spacial score (nSPS) is 30.3. The van der Waals surface area contributed by atoms with Crippen LogP contribution in [0.25, 0.3) is 0 Å². The molecule has 0 radical (unpaired) electrons. The molecule has 2 aliphatic heterocycles. The van der Waals surface area contributed by atoms with Gasteiger partial charge in [0.2, 0.25) is 0 Å². The molecule has 0 spiro atoms. The number of rotatable bonds is 3. The average Bonchev–Trinajstić information content (AvgIpc) is 2.36. The van der Waals surface area contributed by atoms with E-state index >= 15 is 0 Å². The molecule has 0 aromatic heterocycles. The van der Waals surface area contributed by atoms with Crippen LogP contribution in [0.5, 0.6) is 0 Å². The zero-order chi connectivity index (χ0) is 12.3. The number of hydrogen-bond donors (Lipinski definition) is 1. The second-order valence-electron chi connectivity index (χ2n) is 5.77. The van der Waals surface area contributed by atoms with Gasteiger partial charge in [-0.25, -0.2) is 0 Å². The lowest BCUT2D eigenvalue weighted by atomic mass is 9.97. The maximum Gasteiger partial charge on any atom is 0.102 e. The minimum atomic E-state index is -0.663. The fourth-order valence-electron chi connectivity index (χ4n) is 2.87. The molecule has 2 atom stereocenters.